The van der Waals surface area contributed by atoms with Crippen molar-refractivity contribution < 1.29 is 8.95 Å². The molecule has 2 rings (SSSR count). The topological polar surface area (TPSA) is 52.3 Å². The first-order valence-corrected chi connectivity index (χ1v) is 6.72. The molecule has 1 heterocycles. The normalized spacial score (nSPS) is 22.9. The quantitative estimate of drug-likeness (QED) is 0.847. The van der Waals surface area contributed by atoms with Gasteiger partial charge in [-0.3, -0.25) is 4.21 Å². The molecular formula is C10H12BrNO2S. The van der Waals surface area contributed by atoms with Crippen LogP contribution in [0, 0.1) is 0 Å². The van der Waals surface area contributed by atoms with E-state index < -0.39 is 10.8 Å². The number of benzene rings is 1. The fourth-order valence-corrected chi connectivity index (χ4v) is 3.49. The molecule has 82 valence electrons. The van der Waals surface area contributed by atoms with Crippen LogP contribution in [0.4, 0.5) is 5.69 Å². The third kappa shape index (κ3) is 2.41. The average molecular weight is 290 g/mol. The van der Waals surface area contributed by atoms with Crippen LogP contribution in [0.2, 0.25) is 0 Å². The maximum absolute atomic E-state index is 12.2. The lowest BCUT2D eigenvalue weighted by Gasteiger charge is -2.10. The molecule has 1 fully saturated rings. The van der Waals surface area contributed by atoms with Gasteiger partial charge in [-0.1, -0.05) is 15.9 Å². The van der Waals surface area contributed by atoms with E-state index in [-0.39, 0.29) is 5.25 Å². The number of nitrogen functional groups attached to an aromatic ring is 1. The molecular weight excluding hydrogens is 278 g/mol. The van der Waals surface area contributed by atoms with Crippen molar-refractivity contribution in [2.75, 3.05) is 18.9 Å². The van der Waals surface area contributed by atoms with Crippen molar-refractivity contribution in [1.82, 2.24) is 0 Å². The standard InChI is InChI=1S/C10H12BrNO2S/c11-7-1-2-9(12)10(5-7)15(13)8-3-4-14-6-8/h1-2,5,8H,3-4,6,12H2. The molecule has 0 saturated carbocycles. The van der Waals surface area contributed by atoms with Crippen molar-refractivity contribution in [3.8, 4) is 0 Å². The summed E-state index contributed by atoms with van der Waals surface area (Å²) < 4.78 is 18.3. The van der Waals surface area contributed by atoms with Gasteiger partial charge in [-0.25, -0.2) is 0 Å². The lowest BCUT2D eigenvalue weighted by molar-refractivity contribution is 0.199. The Labute approximate surface area is 99.6 Å². The summed E-state index contributed by atoms with van der Waals surface area (Å²) in [6, 6.07) is 5.44. The summed E-state index contributed by atoms with van der Waals surface area (Å²) in [4.78, 5) is 0.708. The van der Waals surface area contributed by atoms with Crippen molar-refractivity contribution in [1.29, 1.82) is 0 Å². The van der Waals surface area contributed by atoms with Crippen LogP contribution in [0.1, 0.15) is 6.42 Å². The molecule has 0 radical (unpaired) electrons. The van der Waals surface area contributed by atoms with Crippen LogP contribution in [0.5, 0.6) is 0 Å². The van der Waals surface area contributed by atoms with Crippen molar-refractivity contribution in [2.24, 2.45) is 0 Å². The summed E-state index contributed by atoms with van der Waals surface area (Å²) in [6.07, 6.45) is 0.846. The summed E-state index contributed by atoms with van der Waals surface area (Å²) in [5.74, 6) is 0. The fraction of sp³-hybridized carbons (Fsp3) is 0.400. The first-order valence-electron chi connectivity index (χ1n) is 4.72. The number of anilines is 1. The zero-order valence-corrected chi connectivity index (χ0v) is 10.5. The van der Waals surface area contributed by atoms with E-state index in [1.54, 1.807) is 6.07 Å². The number of ether oxygens (including phenoxy) is 1. The monoisotopic (exact) mass is 289 g/mol. The van der Waals surface area contributed by atoms with E-state index in [9.17, 15) is 4.21 Å². The molecule has 3 nitrogen and oxygen atoms in total. The molecule has 2 atom stereocenters. The van der Waals surface area contributed by atoms with Gasteiger partial charge in [0, 0.05) is 16.8 Å². The number of rotatable bonds is 2. The number of nitrogens with two attached hydrogens (primary N) is 1. The molecule has 1 aromatic carbocycles. The summed E-state index contributed by atoms with van der Waals surface area (Å²) in [5, 5.41) is 0.0848. The summed E-state index contributed by atoms with van der Waals surface area (Å²) in [6.45, 7) is 1.27. The van der Waals surface area contributed by atoms with Crippen LogP contribution < -0.4 is 5.73 Å². The highest BCUT2D eigenvalue weighted by molar-refractivity contribution is 9.10. The Morgan fingerprint density at radius 3 is 3.00 bits per heavy atom. The predicted octanol–water partition coefficient (Wildman–Crippen LogP) is 1.93. The number of halogens is 1. The van der Waals surface area contributed by atoms with Gasteiger partial charge in [0.1, 0.15) is 0 Å². The first kappa shape index (κ1) is 11.1. The van der Waals surface area contributed by atoms with Crippen molar-refractivity contribution >= 4 is 32.4 Å². The van der Waals surface area contributed by atoms with E-state index in [4.69, 9.17) is 10.5 Å². The lowest BCUT2D eigenvalue weighted by atomic mass is 10.3. The van der Waals surface area contributed by atoms with E-state index in [1.165, 1.54) is 0 Å². The zero-order chi connectivity index (χ0) is 10.8. The second kappa shape index (κ2) is 4.63. The molecule has 2 unspecified atom stereocenters. The van der Waals surface area contributed by atoms with Gasteiger partial charge in [0.15, 0.2) is 0 Å². The van der Waals surface area contributed by atoms with Crippen LogP contribution in [0.25, 0.3) is 0 Å². The van der Waals surface area contributed by atoms with Crippen molar-refractivity contribution in [2.45, 2.75) is 16.6 Å². The maximum Gasteiger partial charge on any atom is 0.0651 e. The minimum absolute atomic E-state index is 0.0848. The lowest BCUT2D eigenvalue weighted by Crippen LogP contribution is -2.16. The van der Waals surface area contributed by atoms with Gasteiger partial charge in [-0.05, 0) is 24.6 Å². The minimum Gasteiger partial charge on any atom is -0.398 e. The second-order valence-corrected chi connectivity index (χ2v) is 6.08. The maximum atomic E-state index is 12.2. The van der Waals surface area contributed by atoms with Crippen LogP contribution >= 0.6 is 15.9 Å². The Morgan fingerprint density at radius 2 is 2.33 bits per heavy atom. The second-order valence-electron chi connectivity index (χ2n) is 3.47. The average Bonchev–Trinajstić information content (AvgIpc) is 2.74. The molecule has 1 aliphatic heterocycles. The van der Waals surface area contributed by atoms with Crippen LogP contribution in [0.15, 0.2) is 27.6 Å². The van der Waals surface area contributed by atoms with Gasteiger partial charge in [0.2, 0.25) is 0 Å². The van der Waals surface area contributed by atoms with Crippen LogP contribution in [-0.4, -0.2) is 22.7 Å². The Hall–Kier alpha value is -0.390. The third-order valence-electron chi connectivity index (χ3n) is 2.38. The zero-order valence-electron chi connectivity index (χ0n) is 8.11. The number of hydrogen-bond acceptors (Lipinski definition) is 3. The van der Waals surface area contributed by atoms with Gasteiger partial charge in [0.25, 0.3) is 0 Å². The van der Waals surface area contributed by atoms with E-state index in [0.717, 1.165) is 10.9 Å². The molecule has 5 heteroatoms. The molecule has 0 amide bonds. The molecule has 1 aliphatic rings. The number of hydrogen-bond donors (Lipinski definition) is 1. The van der Waals surface area contributed by atoms with E-state index in [1.807, 2.05) is 12.1 Å². The SMILES string of the molecule is Nc1ccc(Br)cc1S(=O)C1CCOC1. The minimum atomic E-state index is -1.06. The van der Waals surface area contributed by atoms with Gasteiger partial charge in [-0.15, -0.1) is 0 Å². The Morgan fingerprint density at radius 1 is 1.53 bits per heavy atom. The molecule has 0 aromatic heterocycles. The van der Waals surface area contributed by atoms with Gasteiger partial charge in [0.05, 0.1) is 27.6 Å². The molecule has 15 heavy (non-hydrogen) atoms. The highest BCUT2D eigenvalue weighted by Crippen LogP contribution is 2.26. The van der Waals surface area contributed by atoms with Gasteiger partial charge in [-0.2, -0.15) is 0 Å². The van der Waals surface area contributed by atoms with Gasteiger partial charge >= 0.3 is 0 Å². The summed E-state index contributed by atoms with van der Waals surface area (Å²) in [5.41, 5.74) is 6.39. The Kier molecular flexibility index (Phi) is 3.43. The van der Waals surface area contributed by atoms with Crippen molar-refractivity contribution in [3.05, 3.63) is 22.7 Å². The molecule has 1 aromatic rings. The first-order chi connectivity index (χ1) is 7.18. The molecule has 0 aliphatic carbocycles. The summed E-state index contributed by atoms with van der Waals surface area (Å²) >= 11 is 3.35. The van der Waals surface area contributed by atoms with Crippen LogP contribution in [-0.2, 0) is 15.5 Å². The molecule has 2 N–H and O–H groups in total. The third-order valence-corrected chi connectivity index (χ3v) is 4.64. The highest BCUT2D eigenvalue weighted by Gasteiger charge is 2.24. The summed E-state index contributed by atoms with van der Waals surface area (Å²) in [7, 11) is -1.06. The molecule has 0 spiro atoms. The van der Waals surface area contributed by atoms with Crippen LogP contribution in [0.3, 0.4) is 0 Å². The Bertz CT molecular complexity index is 391. The van der Waals surface area contributed by atoms with E-state index in [0.29, 0.717) is 23.8 Å². The van der Waals surface area contributed by atoms with E-state index >= 15 is 0 Å². The van der Waals surface area contributed by atoms with Crippen molar-refractivity contribution in [3.63, 3.8) is 0 Å². The van der Waals surface area contributed by atoms with E-state index in [2.05, 4.69) is 15.9 Å². The van der Waals surface area contributed by atoms with Gasteiger partial charge < -0.3 is 10.5 Å². The highest BCUT2D eigenvalue weighted by atomic mass is 79.9. The molecule has 0 bridgehead atoms. The molecule has 1 saturated heterocycles. The fourth-order valence-electron chi connectivity index (χ4n) is 1.54. The Balaban J connectivity index is 2.27. The largest absolute Gasteiger partial charge is 0.398 e. The smallest absolute Gasteiger partial charge is 0.0651 e. The predicted molar refractivity (Wildman–Crippen MR) is 64.2 cm³/mol.